The minimum Gasteiger partial charge on any atom is -0.481 e. The first-order chi connectivity index (χ1) is 11.1. The van der Waals surface area contributed by atoms with Crippen molar-refractivity contribution in [3.8, 4) is 5.75 Å². The van der Waals surface area contributed by atoms with Gasteiger partial charge < -0.3 is 14.4 Å². The predicted octanol–water partition coefficient (Wildman–Crippen LogP) is 2.97. The van der Waals surface area contributed by atoms with E-state index in [9.17, 15) is 4.79 Å². The smallest absolute Gasteiger partial charge is 0.263 e. The van der Waals surface area contributed by atoms with Crippen LogP contribution in [0.25, 0.3) is 0 Å². The Hall–Kier alpha value is -1.55. The van der Waals surface area contributed by atoms with Gasteiger partial charge >= 0.3 is 0 Å². The highest BCUT2D eigenvalue weighted by atomic mass is 16.5. The van der Waals surface area contributed by atoms with Crippen LogP contribution >= 0.6 is 0 Å². The molecule has 0 radical (unpaired) electrons. The molecule has 1 saturated heterocycles. The summed E-state index contributed by atoms with van der Waals surface area (Å²) in [6.07, 6.45) is 3.94. The fourth-order valence-electron chi connectivity index (χ4n) is 3.66. The zero-order valence-electron chi connectivity index (χ0n) is 14.4. The summed E-state index contributed by atoms with van der Waals surface area (Å²) in [4.78, 5) is 14.7. The first-order valence-corrected chi connectivity index (χ1v) is 8.79. The standard InChI is InChI=1S/C19H27NO3/c1-4-18(19(21)20-11-13(2)22-14(3)12-20)23-17-9-8-15-6-5-7-16(15)10-17/h8-10,13-14,18H,4-7,11-12H2,1-3H3/t13-,14-,18-/m0/s1. The van der Waals surface area contributed by atoms with Gasteiger partial charge in [-0.25, -0.2) is 0 Å². The Morgan fingerprint density at radius 3 is 2.65 bits per heavy atom. The van der Waals surface area contributed by atoms with Crippen LogP contribution in [0.1, 0.15) is 44.7 Å². The first kappa shape index (κ1) is 16.3. The van der Waals surface area contributed by atoms with Crippen LogP contribution in [0.2, 0.25) is 0 Å². The summed E-state index contributed by atoms with van der Waals surface area (Å²) in [5.41, 5.74) is 2.80. The van der Waals surface area contributed by atoms with Crippen LogP contribution in [-0.2, 0) is 22.4 Å². The molecule has 0 spiro atoms. The van der Waals surface area contributed by atoms with E-state index in [4.69, 9.17) is 9.47 Å². The highest BCUT2D eigenvalue weighted by Gasteiger charge is 2.31. The maximum atomic E-state index is 12.8. The molecule has 3 rings (SSSR count). The van der Waals surface area contributed by atoms with Crippen molar-refractivity contribution in [2.45, 2.75) is 64.8 Å². The summed E-state index contributed by atoms with van der Waals surface area (Å²) in [6.45, 7) is 7.32. The molecule has 1 aromatic carbocycles. The average molecular weight is 317 g/mol. The van der Waals surface area contributed by atoms with Gasteiger partial charge in [-0.1, -0.05) is 13.0 Å². The summed E-state index contributed by atoms with van der Waals surface area (Å²) in [7, 11) is 0. The van der Waals surface area contributed by atoms with Crippen LogP contribution in [0.5, 0.6) is 5.75 Å². The van der Waals surface area contributed by atoms with E-state index in [1.165, 1.54) is 17.5 Å². The van der Waals surface area contributed by atoms with Gasteiger partial charge in [-0.15, -0.1) is 0 Å². The van der Waals surface area contributed by atoms with Gasteiger partial charge in [0.25, 0.3) is 5.91 Å². The second-order valence-corrected chi connectivity index (χ2v) is 6.80. The van der Waals surface area contributed by atoms with Gasteiger partial charge in [0.1, 0.15) is 5.75 Å². The van der Waals surface area contributed by atoms with Crippen molar-refractivity contribution in [1.82, 2.24) is 4.90 Å². The molecule has 4 nitrogen and oxygen atoms in total. The van der Waals surface area contributed by atoms with Gasteiger partial charge in [-0.05, 0) is 62.8 Å². The number of aryl methyl sites for hydroxylation is 2. The number of benzene rings is 1. The summed E-state index contributed by atoms with van der Waals surface area (Å²) < 4.78 is 11.8. The number of hydrogen-bond donors (Lipinski definition) is 0. The van der Waals surface area contributed by atoms with E-state index >= 15 is 0 Å². The van der Waals surface area contributed by atoms with Gasteiger partial charge in [-0.3, -0.25) is 4.79 Å². The monoisotopic (exact) mass is 317 g/mol. The second kappa shape index (κ2) is 6.91. The number of hydrogen-bond acceptors (Lipinski definition) is 3. The van der Waals surface area contributed by atoms with Crippen molar-refractivity contribution in [3.05, 3.63) is 29.3 Å². The fourth-order valence-corrected chi connectivity index (χ4v) is 3.66. The topological polar surface area (TPSA) is 38.8 Å². The molecule has 0 bridgehead atoms. The Bertz CT molecular complexity index is 562. The molecule has 0 aromatic heterocycles. The largest absolute Gasteiger partial charge is 0.481 e. The number of rotatable bonds is 4. The number of fused-ring (bicyclic) bond motifs is 1. The molecule has 0 unspecified atom stereocenters. The Balaban J connectivity index is 1.68. The van der Waals surface area contributed by atoms with Crippen LogP contribution in [0.15, 0.2) is 18.2 Å². The fraction of sp³-hybridized carbons (Fsp3) is 0.632. The molecule has 1 amide bonds. The van der Waals surface area contributed by atoms with Gasteiger partial charge in [0.15, 0.2) is 6.10 Å². The third kappa shape index (κ3) is 3.69. The van der Waals surface area contributed by atoms with Gasteiger partial charge in [0, 0.05) is 13.1 Å². The molecule has 0 N–H and O–H groups in total. The number of morpholine rings is 1. The number of amides is 1. The Morgan fingerprint density at radius 1 is 1.26 bits per heavy atom. The van der Waals surface area contributed by atoms with Crippen molar-refractivity contribution in [3.63, 3.8) is 0 Å². The minimum absolute atomic E-state index is 0.0787. The van der Waals surface area contributed by atoms with E-state index in [0.717, 1.165) is 18.6 Å². The molecular weight excluding hydrogens is 290 g/mol. The molecular formula is C19H27NO3. The summed E-state index contributed by atoms with van der Waals surface area (Å²) >= 11 is 0. The van der Waals surface area contributed by atoms with Crippen molar-refractivity contribution < 1.29 is 14.3 Å². The van der Waals surface area contributed by atoms with Gasteiger partial charge in [0.05, 0.1) is 12.2 Å². The molecule has 1 heterocycles. The molecule has 2 aliphatic rings. The number of carbonyl (C=O) groups excluding carboxylic acids is 1. The quantitative estimate of drug-likeness (QED) is 0.857. The molecule has 23 heavy (non-hydrogen) atoms. The summed E-state index contributed by atoms with van der Waals surface area (Å²) in [5.74, 6) is 0.898. The molecule has 0 saturated carbocycles. The lowest BCUT2D eigenvalue weighted by molar-refractivity contribution is -0.150. The molecule has 126 valence electrons. The molecule has 1 aliphatic heterocycles. The van der Waals surface area contributed by atoms with Crippen LogP contribution in [0.4, 0.5) is 0 Å². The third-order valence-corrected chi connectivity index (χ3v) is 4.73. The van der Waals surface area contributed by atoms with Crippen LogP contribution in [-0.4, -0.2) is 42.2 Å². The highest BCUT2D eigenvalue weighted by molar-refractivity contribution is 5.81. The van der Waals surface area contributed by atoms with E-state index in [-0.39, 0.29) is 18.1 Å². The van der Waals surface area contributed by atoms with E-state index in [0.29, 0.717) is 19.5 Å². The van der Waals surface area contributed by atoms with Crippen molar-refractivity contribution in [2.75, 3.05) is 13.1 Å². The van der Waals surface area contributed by atoms with Crippen LogP contribution < -0.4 is 4.74 Å². The van der Waals surface area contributed by atoms with E-state index in [2.05, 4.69) is 12.1 Å². The lowest BCUT2D eigenvalue weighted by Gasteiger charge is -2.37. The maximum absolute atomic E-state index is 12.8. The Kier molecular flexibility index (Phi) is 4.90. The molecule has 3 atom stereocenters. The zero-order valence-corrected chi connectivity index (χ0v) is 14.4. The van der Waals surface area contributed by atoms with Crippen LogP contribution in [0.3, 0.4) is 0 Å². The Morgan fingerprint density at radius 2 is 1.96 bits per heavy atom. The van der Waals surface area contributed by atoms with E-state index in [1.807, 2.05) is 31.7 Å². The van der Waals surface area contributed by atoms with E-state index < -0.39 is 6.10 Å². The lowest BCUT2D eigenvalue weighted by atomic mass is 10.1. The highest BCUT2D eigenvalue weighted by Crippen LogP contribution is 2.27. The third-order valence-electron chi connectivity index (χ3n) is 4.73. The van der Waals surface area contributed by atoms with Crippen molar-refractivity contribution in [2.24, 2.45) is 0 Å². The molecule has 1 aromatic rings. The summed E-state index contributed by atoms with van der Waals surface area (Å²) in [6, 6.07) is 6.27. The molecule has 4 heteroatoms. The lowest BCUT2D eigenvalue weighted by Crippen LogP contribution is -2.52. The summed E-state index contributed by atoms with van der Waals surface area (Å²) in [5, 5.41) is 0. The zero-order chi connectivity index (χ0) is 16.4. The van der Waals surface area contributed by atoms with E-state index in [1.54, 1.807) is 0 Å². The average Bonchev–Trinajstić information content (AvgIpc) is 2.98. The number of nitrogens with zero attached hydrogens (tertiary/aromatic N) is 1. The molecule has 1 fully saturated rings. The number of carbonyl (C=O) groups is 1. The number of ether oxygens (including phenoxy) is 2. The first-order valence-electron chi connectivity index (χ1n) is 8.79. The van der Waals surface area contributed by atoms with Crippen molar-refractivity contribution >= 4 is 5.91 Å². The van der Waals surface area contributed by atoms with Crippen LogP contribution in [0, 0.1) is 0 Å². The van der Waals surface area contributed by atoms with Gasteiger partial charge in [0.2, 0.25) is 0 Å². The second-order valence-electron chi connectivity index (χ2n) is 6.80. The van der Waals surface area contributed by atoms with Crippen molar-refractivity contribution in [1.29, 1.82) is 0 Å². The normalized spacial score (nSPS) is 25.1. The van der Waals surface area contributed by atoms with Gasteiger partial charge in [-0.2, -0.15) is 0 Å². The predicted molar refractivity (Wildman–Crippen MR) is 89.8 cm³/mol. The molecule has 1 aliphatic carbocycles. The Labute approximate surface area is 138 Å². The minimum atomic E-state index is -0.410. The SMILES string of the molecule is CC[C@H](Oc1ccc2c(c1)CCC2)C(=O)N1C[C@H](C)O[C@@H](C)C1. The maximum Gasteiger partial charge on any atom is 0.263 e.